The van der Waals surface area contributed by atoms with Gasteiger partial charge in [-0.3, -0.25) is 14.4 Å². The fraction of sp³-hybridized carbons (Fsp3) is 0.435. The molecule has 0 heterocycles. The van der Waals surface area contributed by atoms with Crippen LogP contribution in [0.15, 0.2) is 46.9 Å². The third-order valence-electron chi connectivity index (χ3n) is 5.46. The molecule has 0 aromatic heterocycles. The molecule has 0 saturated carbocycles. The second kappa shape index (κ2) is 9.15. The van der Waals surface area contributed by atoms with Crippen LogP contribution in [0.5, 0.6) is 5.75 Å². The van der Waals surface area contributed by atoms with Gasteiger partial charge in [-0.2, -0.15) is 0 Å². The Morgan fingerprint density at radius 3 is 1.97 bits per heavy atom. The molecule has 0 aliphatic heterocycles. The highest BCUT2D eigenvalue weighted by Crippen LogP contribution is 2.41. The number of ether oxygens (including phenoxy) is 3. The minimum atomic E-state index is -0.241. The molecule has 1 aromatic carbocycles. The number of nitrogens with zero attached hydrogens (tertiary/aromatic N) is 1. The van der Waals surface area contributed by atoms with Crippen LogP contribution in [0.1, 0.15) is 36.0 Å². The first-order valence-electron chi connectivity index (χ1n) is 9.95. The van der Waals surface area contributed by atoms with Crippen molar-refractivity contribution in [2.24, 2.45) is 5.92 Å². The van der Waals surface area contributed by atoms with E-state index in [0.29, 0.717) is 41.9 Å². The van der Waals surface area contributed by atoms with Crippen LogP contribution in [0.3, 0.4) is 0 Å². The molecule has 0 unspecified atom stereocenters. The van der Waals surface area contributed by atoms with E-state index in [0.717, 1.165) is 12.8 Å². The Labute approximate surface area is 176 Å². The molecule has 0 N–H and O–H groups in total. The molecular weight excluding hydrogens is 386 g/mol. The maximum atomic E-state index is 12.6. The first-order valence-corrected chi connectivity index (χ1v) is 9.95. The highest BCUT2D eigenvalue weighted by Gasteiger charge is 2.41. The summed E-state index contributed by atoms with van der Waals surface area (Å²) < 4.78 is 16.0. The SMILES string of the molecule is COC1=C(OC)C(=O)C2=C(CC(CCCOc3ccc(C(=O)N(C)C)cc3)C2)C1=O. The molecule has 7 nitrogen and oxygen atoms in total. The van der Waals surface area contributed by atoms with E-state index in [1.165, 1.54) is 19.1 Å². The number of carbonyl (C=O) groups excluding carboxylic acids is 3. The van der Waals surface area contributed by atoms with Gasteiger partial charge in [-0.25, -0.2) is 0 Å². The Hall–Kier alpha value is -3.09. The minimum Gasteiger partial charge on any atom is -0.494 e. The van der Waals surface area contributed by atoms with Crippen molar-refractivity contribution in [2.45, 2.75) is 25.7 Å². The van der Waals surface area contributed by atoms with E-state index in [1.54, 1.807) is 38.4 Å². The first-order chi connectivity index (χ1) is 14.4. The Kier molecular flexibility index (Phi) is 6.59. The number of ketones is 2. The summed E-state index contributed by atoms with van der Waals surface area (Å²) in [5.74, 6) is 0.401. The predicted molar refractivity (Wildman–Crippen MR) is 110 cm³/mol. The number of rotatable bonds is 8. The van der Waals surface area contributed by atoms with E-state index in [4.69, 9.17) is 14.2 Å². The summed E-state index contributed by atoms with van der Waals surface area (Å²) in [5, 5.41) is 0. The normalized spacial score (nSPS) is 16.7. The summed E-state index contributed by atoms with van der Waals surface area (Å²) in [6.07, 6.45) is 2.79. The van der Waals surface area contributed by atoms with E-state index >= 15 is 0 Å². The van der Waals surface area contributed by atoms with E-state index in [1.807, 2.05) is 0 Å². The fourth-order valence-electron chi connectivity index (χ4n) is 3.92. The number of hydrogen-bond donors (Lipinski definition) is 0. The lowest BCUT2D eigenvalue weighted by Gasteiger charge is -2.17. The number of amides is 1. The van der Waals surface area contributed by atoms with Crippen LogP contribution in [0, 0.1) is 5.92 Å². The van der Waals surface area contributed by atoms with Crippen molar-refractivity contribution in [2.75, 3.05) is 34.9 Å². The van der Waals surface area contributed by atoms with Crippen LogP contribution >= 0.6 is 0 Å². The lowest BCUT2D eigenvalue weighted by Crippen LogP contribution is -2.23. The molecule has 0 saturated heterocycles. The molecule has 30 heavy (non-hydrogen) atoms. The van der Waals surface area contributed by atoms with Crippen molar-refractivity contribution in [3.8, 4) is 5.75 Å². The molecule has 0 atom stereocenters. The highest BCUT2D eigenvalue weighted by atomic mass is 16.5. The number of carbonyl (C=O) groups is 3. The largest absolute Gasteiger partial charge is 0.494 e. The Morgan fingerprint density at radius 1 is 0.967 bits per heavy atom. The van der Waals surface area contributed by atoms with Gasteiger partial charge in [-0.15, -0.1) is 0 Å². The molecule has 160 valence electrons. The number of benzene rings is 1. The lowest BCUT2D eigenvalue weighted by molar-refractivity contribution is -0.121. The summed E-state index contributed by atoms with van der Waals surface area (Å²) in [6.45, 7) is 0.523. The van der Waals surface area contributed by atoms with Crippen molar-refractivity contribution in [3.63, 3.8) is 0 Å². The highest BCUT2D eigenvalue weighted by molar-refractivity contribution is 6.24. The second-order valence-electron chi connectivity index (χ2n) is 7.67. The molecule has 0 spiro atoms. The maximum absolute atomic E-state index is 12.6. The molecule has 1 aromatic rings. The molecule has 2 aliphatic carbocycles. The van der Waals surface area contributed by atoms with Gasteiger partial charge in [0.25, 0.3) is 5.91 Å². The average molecular weight is 413 g/mol. The third kappa shape index (κ3) is 4.25. The second-order valence-corrected chi connectivity index (χ2v) is 7.67. The van der Waals surface area contributed by atoms with E-state index < -0.39 is 0 Å². The fourth-order valence-corrected chi connectivity index (χ4v) is 3.92. The van der Waals surface area contributed by atoms with Crippen molar-refractivity contribution < 1.29 is 28.6 Å². The lowest BCUT2D eigenvalue weighted by atomic mass is 9.94. The maximum Gasteiger partial charge on any atom is 0.253 e. The Balaban J connectivity index is 1.48. The van der Waals surface area contributed by atoms with Gasteiger partial charge >= 0.3 is 0 Å². The van der Waals surface area contributed by atoms with Crippen LogP contribution in [0.2, 0.25) is 0 Å². The van der Waals surface area contributed by atoms with Gasteiger partial charge in [0.2, 0.25) is 23.1 Å². The van der Waals surface area contributed by atoms with E-state index in [2.05, 4.69) is 0 Å². The first kappa shape index (κ1) is 21.6. The summed E-state index contributed by atoms with van der Waals surface area (Å²) in [6, 6.07) is 7.07. The topological polar surface area (TPSA) is 82.1 Å². The zero-order valence-corrected chi connectivity index (χ0v) is 17.8. The van der Waals surface area contributed by atoms with Gasteiger partial charge in [0.05, 0.1) is 20.8 Å². The molecule has 3 rings (SSSR count). The molecule has 0 fully saturated rings. The summed E-state index contributed by atoms with van der Waals surface area (Å²) >= 11 is 0. The number of allylic oxidation sites excluding steroid dienone is 2. The molecule has 0 bridgehead atoms. The zero-order chi connectivity index (χ0) is 21.8. The summed E-state index contributed by atoms with van der Waals surface area (Å²) in [7, 11) is 6.17. The zero-order valence-electron chi connectivity index (χ0n) is 17.8. The van der Waals surface area contributed by atoms with Crippen LogP contribution in [-0.2, 0) is 19.1 Å². The number of methoxy groups -OCH3 is 2. The van der Waals surface area contributed by atoms with Gasteiger partial charge in [0.15, 0.2) is 0 Å². The van der Waals surface area contributed by atoms with Gasteiger partial charge in [0.1, 0.15) is 5.75 Å². The summed E-state index contributed by atoms with van der Waals surface area (Å²) in [5.41, 5.74) is 1.73. The molecule has 1 amide bonds. The number of Topliss-reactive ketones (excluding diaryl/α,β-unsaturated/α-hetero) is 2. The molecular formula is C23H27NO6. The third-order valence-corrected chi connectivity index (χ3v) is 5.46. The van der Waals surface area contributed by atoms with Crippen molar-refractivity contribution in [3.05, 3.63) is 52.5 Å². The predicted octanol–water partition coefficient (Wildman–Crippen LogP) is 2.91. The van der Waals surface area contributed by atoms with Crippen LogP contribution in [0.4, 0.5) is 0 Å². The van der Waals surface area contributed by atoms with Crippen molar-refractivity contribution in [1.82, 2.24) is 4.90 Å². The number of hydrogen-bond acceptors (Lipinski definition) is 6. The molecule has 2 aliphatic rings. The monoisotopic (exact) mass is 413 g/mol. The van der Waals surface area contributed by atoms with Crippen molar-refractivity contribution in [1.29, 1.82) is 0 Å². The van der Waals surface area contributed by atoms with Gasteiger partial charge in [-0.1, -0.05) is 0 Å². The van der Waals surface area contributed by atoms with Crippen LogP contribution < -0.4 is 4.74 Å². The minimum absolute atomic E-state index is 0.00132. The smallest absolute Gasteiger partial charge is 0.253 e. The molecule has 7 heteroatoms. The van der Waals surface area contributed by atoms with Crippen molar-refractivity contribution >= 4 is 17.5 Å². The van der Waals surface area contributed by atoms with Gasteiger partial charge in [-0.05, 0) is 55.9 Å². The van der Waals surface area contributed by atoms with E-state index in [-0.39, 0.29) is 34.9 Å². The quantitative estimate of drug-likeness (QED) is 0.481. The average Bonchev–Trinajstić information content (AvgIpc) is 3.18. The van der Waals surface area contributed by atoms with E-state index in [9.17, 15) is 14.4 Å². The Bertz CT molecular complexity index is 872. The van der Waals surface area contributed by atoms with Crippen LogP contribution in [-0.4, -0.2) is 57.3 Å². The molecule has 0 radical (unpaired) electrons. The van der Waals surface area contributed by atoms with Gasteiger partial charge in [0, 0.05) is 30.8 Å². The Morgan fingerprint density at radius 2 is 1.50 bits per heavy atom. The van der Waals surface area contributed by atoms with Gasteiger partial charge < -0.3 is 19.1 Å². The van der Waals surface area contributed by atoms with Crippen LogP contribution in [0.25, 0.3) is 0 Å². The summed E-state index contributed by atoms with van der Waals surface area (Å²) in [4.78, 5) is 38.7. The standard InChI is InChI=1S/C23H27NO6/c1-24(2)23(27)15-7-9-16(10-8-15)30-11-5-6-14-12-17-18(13-14)20(26)22(29-4)21(28-3)19(17)25/h7-10,14H,5-6,11-13H2,1-4H3.